The topological polar surface area (TPSA) is 75.2 Å². The number of nitrogens with two attached hydrogens (primary N) is 1. The molecule has 0 saturated heterocycles. The Hall–Kier alpha value is -2.08. The molecule has 6 nitrogen and oxygen atoms in total. The molecule has 2 heterocycles. The Kier molecular flexibility index (Phi) is 4.01. The van der Waals surface area contributed by atoms with E-state index in [1.165, 1.54) is 0 Å². The second-order valence-electron chi connectivity index (χ2n) is 4.24. The zero-order valence-corrected chi connectivity index (χ0v) is 11.3. The summed E-state index contributed by atoms with van der Waals surface area (Å²) in [5, 5.41) is 4.15. The Morgan fingerprint density at radius 3 is 2.63 bits per heavy atom. The van der Waals surface area contributed by atoms with E-state index in [2.05, 4.69) is 10.1 Å². The van der Waals surface area contributed by atoms with Crippen LogP contribution < -0.4 is 15.2 Å². The fourth-order valence-corrected chi connectivity index (χ4v) is 2.01. The van der Waals surface area contributed by atoms with Crippen molar-refractivity contribution in [2.75, 3.05) is 14.2 Å². The molecule has 2 aromatic heterocycles. The number of hydrogen-bond acceptors (Lipinski definition) is 5. The van der Waals surface area contributed by atoms with E-state index in [1.807, 2.05) is 19.2 Å². The predicted octanol–water partition coefficient (Wildman–Crippen LogP) is 1.07. The Morgan fingerprint density at radius 1 is 1.26 bits per heavy atom. The van der Waals surface area contributed by atoms with E-state index < -0.39 is 0 Å². The molecule has 2 N–H and O–H groups in total. The van der Waals surface area contributed by atoms with E-state index in [9.17, 15) is 0 Å². The van der Waals surface area contributed by atoms with Crippen LogP contribution in [-0.4, -0.2) is 29.0 Å². The van der Waals surface area contributed by atoms with Crippen LogP contribution >= 0.6 is 0 Å². The molecular weight excluding hydrogens is 244 g/mol. The van der Waals surface area contributed by atoms with Crippen LogP contribution in [0.4, 0.5) is 0 Å². The maximum atomic E-state index is 6.22. The largest absolute Gasteiger partial charge is 0.493 e. The first-order valence-electron chi connectivity index (χ1n) is 5.96. The molecule has 102 valence electrons. The highest BCUT2D eigenvalue weighted by molar-refractivity contribution is 5.30. The molecule has 1 atom stereocenters. The number of nitrogens with zero attached hydrogens (tertiary/aromatic N) is 3. The van der Waals surface area contributed by atoms with Crippen molar-refractivity contribution in [3.63, 3.8) is 0 Å². The van der Waals surface area contributed by atoms with Gasteiger partial charge in [0.05, 0.1) is 32.2 Å². The van der Waals surface area contributed by atoms with Gasteiger partial charge >= 0.3 is 0 Å². The third-order valence-corrected chi connectivity index (χ3v) is 2.98. The van der Waals surface area contributed by atoms with Crippen molar-refractivity contribution in [2.45, 2.75) is 12.5 Å². The number of pyridine rings is 1. The van der Waals surface area contributed by atoms with Gasteiger partial charge in [0.15, 0.2) is 5.75 Å². The lowest BCUT2D eigenvalue weighted by Gasteiger charge is -2.14. The summed E-state index contributed by atoms with van der Waals surface area (Å²) in [4.78, 5) is 4.17. The van der Waals surface area contributed by atoms with Crippen LogP contribution in [0.2, 0.25) is 0 Å². The highest BCUT2D eigenvalue weighted by Crippen LogP contribution is 2.25. The third-order valence-electron chi connectivity index (χ3n) is 2.98. The summed E-state index contributed by atoms with van der Waals surface area (Å²) < 4.78 is 12.0. The number of aryl methyl sites for hydroxylation is 1. The highest BCUT2D eigenvalue weighted by Gasteiger charge is 2.17. The van der Waals surface area contributed by atoms with Crippen LogP contribution in [-0.2, 0) is 13.5 Å². The van der Waals surface area contributed by atoms with E-state index >= 15 is 0 Å². The van der Waals surface area contributed by atoms with Crippen molar-refractivity contribution in [3.8, 4) is 11.6 Å². The minimum atomic E-state index is -0.197. The fraction of sp³-hybridized carbons (Fsp3) is 0.385. The first kappa shape index (κ1) is 13.4. The van der Waals surface area contributed by atoms with Crippen LogP contribution in [0, 0.1) is 0 Å². The Morgan fingerprint density at radius 2 is 2.05 bits per heavy atom. The standard InChI is InChI=1S/C13H18N4O2/c1-17-13(11(18-2)8-16-17)10(14)6-9-4-5-12(19-3)15-7-9/h4-5,7-8,10H,6,14H2,1-3H3. The number of hydrogen-bond donors (Lipinski definition) is 1. The number of ether oxygens (including phenoxy) is 2. The molecule has 0 radical (unpaired) electrons. The van der Waals surface area contributed by atoms with Gasteiger partial charge in [-0.3, -0.25) is 4.68 Å². The maximum Gasteiger partial charge on any atom is 0.212 e. The molecule has 0 aliphatic rings. The van der Waals surface area contributed by atoms with E-state index in [0.29, 0.717) is 18.1 Å². The molecule has 0 fully saturated rings. The third kappa shape index (κ3) is 2.85. The fourth-order valence-electron chi connectivity index (χ4n) is 2.01. The lowest BCUT2D eigenvalue weighted by molar-refractivity contribution is 0.397. The monoisotopic (exact) mass is 262 g/mol. The van der Waals surface area contributed by atoms with Gasteiger partial charge < -0.3 is 15.2 Å². The Bertz CT molecular complexity index is 536. The summed E-state index contributed by atoms with van der Waals surface area (Å²) in [6.07, 6.45) is 4.09. The van der Waals surface area contributed by atoms with Gasteiger partial charge in [-0.1, -0.05) is 6.07 Å². The maximum absolute atomic E-state index is 6.22. The van der Waals surface area contributed by atoms with Gasteiger partial charge in [0, 0.05) is 19.3 Å². The molecule has 1 unspecified atom stereocenters. The second-order valence-corrected chi connectivity index (χ2v) is 4.24. The molecule has 0 bridgehead atoms. The number of aromatic nitrogens is 3. The molecule has 0 aromatic carbocycles. The summed E-state index contributed by atoms with van der Waals surface area (Å²) in [7, 11) is 5.06. The summed E-state index contributed by atoms with van der Waals surface area (Å²) in [5.74, 6) is 1.30. The van der Waals surface area contributed by atoms with E-state index in [4.69, 9.17) is 15.2 Å². The van der Waals surface area contributed by atoms with Crippen LogP contribution in [0.3, 0.4) is 0 Å². The molecule has 0 aliphatic carbocycles. The van der Waals surface area contributed by atoms with Gasteiger partial charge in [0.25, 0.3) is 0 Å². The first-order valence-corrected chi connectivity index (χ1v) is 5.96. The van der Waals surface area contributed by atoms with Crippen LogP contribution in [0.15, 0.2) is 24.5 Å². The molecule has 19 heavy (non-hydrogen) atoms. The average Bonchev–Trinajstić information content (AvgIpc) is 2.80. The highest BCUT2D eigenvalue weighted by atomic mass is 16.5. The summed E-state index contributed by atoms with van der Waals surface area (Å²) in [6, 6.07) is 3.58. The van der Waals surface area contributed by atoms with E-state index in [1.54, 1.807) is 31.3 Å². The molecule has 0 aliphatic heterocycles. The lowest BCUT2D eigenvalue weighted by Crippen LogP contribution is -2.18. The quantitative estimate of drug-likeness (QED) is 0.872. The van der Waals surface area contributed by atoms with Gasteiger partial charge in [-0.05, 0) is 12.0 Å². The van der Waals surface area contributed by atoms with E-state index in [0.717, 1.165) is 11.3 Å². The SMILES string of the molecule is COc1ccc(CC(N)c2c(OC)cnn2C)cn1. The van der Waals surface area contributed by atoms with Crippen molar-refractivity contribution < 1.29 is 9.47 Å². The minimum Gasteiger partial charge on any atom is -0.493 e. The van der Waals surface area contributed by atoms with Gasteiger partial charge in [-0.25, -0.2) is 4.98 Å². The van der Waals surface area contributed by atoms with Crippen molar-refractivity contribution in [2.24, 2.45) is 12.8 Å². The van der Waals surface area contributed by atoms with Crippen LogP contribution in [0.25, 0.3) is 0 Å². The van der Waals surface area contributed by atoms with Gasteiger partial charge in [0.2, 0.25) is 5.88 Å². The van der Waals surface area contributed by atoms with Crippen molar-refractivity contribution in [3.05, 3.63) is 35.8 Å². The van der Waals surface area contributed by atoms with Crippen LogP contribution in [0.5, 0.6) is 11.6 Å². The van der Waals surface area contributed by atoms with E-state index in [-0.39, 0.29) is 6.04 Å². The minimum absolute atomic E-state index is 0.197. The average molecular weight is 262 g/mol. The zero-order chi connectivity index (χ0) is 13.8. The number of methoxy groups -OCH3 is 2. The lowest BCUT2D eigenvalue weighted by atomic mass is 10.1. The van der Waals surface area contributed by atoms with Gasteiger partial charge in [0.1, 0.15) is 0 Å². The van der Waals surface area contributed by atoms with Crippen molar-refractivity contribution in [1.82, 2.24) is 14.8 Å². The second kappa shape index (κ2) is 5.71. The molecule has 2 rings (SSSR count). The van der Waals surface area contributed by atoms with Crippen molar-refractivity contribution in [1.29, 1.82) is 0 Å². The predicted molar refractivity (Wildman–Crippen MR) is 71.2 cm³/mol. The normalized spacial score (nSPS) is 12.2. The summed E-state index contributed by atoms with van der Waals surface area (Å²) in [5.41, 5.74) is 8.13. The molecule has 0 spiro atoms. The first-order chi connectivity index (χ1) is 9.15. The van der Waals surface area contributed by atoms with Gasteiger partial charge in [-0.2, -0.15) is 5.10 Å². The molecule has 0 amide bonds. The summed E-state index contributed by atoms with van der Waals surface area (Å²) in [6.45, 7) is 0. The Balaban J connectivity index is 2.15. The van der Waals surface area contributed by atoms with Crippen LogP contribution in [0.1, 0.15) is 17.3 Å². The number of rotatable bonds is 5. The molecule has 6 heteroatoms. The zero-order valence-electron chi connectivity index (χ0n) is 11.3. The molecule has 0 saturated carbocycles. The molecule has 2 aromatic rings. The van der Waals surface area contributed by atoms with Crippen molar-refractivity contribution >= 4 is 0 Å². The smallest absolute Gasteiger partial charge is 0.212 e. The Labute approximate surface area is 112 Å². The molecular formula is C13H18N4O2. The van der Waals surface area contributed by atoms with Gasteiger partial charge in [-0.15, -0.1) is 0 Å². The summed E-state index contributed by atoms with van der Waals surface area (Å²) >= 11 is 0.